The van der Waals surface area contributed by atoms with Crippen LogP contribution < -0.4 is 10.1 Å². The molecule has 0 unspecified atom stereocenters. The lowest BCUT2D eigenvalue weighted by Crippen LogP contribution is -2.02. The minimum absolute atomic E-state index is 0.413. The molecule has 0 amide bonds. The highest BCUT2D eigenvalue weighted by Gasteiger charge is 2.17. The Bertz CT molecular complexity index is 1840. The second-order valence-corrected chi connectivity index (χ2v) is 9.78. The van der Waals surface area contributed by atoms with Crippen LogP contribution in [0.2, 0.25) is 0 Å². The summed E-state index contributed by atoms with van der Waals surface area (Å²) in [6.45, 7) is 4.80. The van der Waals surface area contributed by atoms with Crippen molar-refractivity contribution in [1.29, 1.82) is 5.26 Å². The summed E-state index contributed by atoms with van der Waals surface area (Å²) < 4.78 is 10.4. The molecule has 40 heavy (non-hydrogen) atoms. The highest BCUT2D eigenvalue weighted by atomic mass is 16.5. The third kappa shape index (κ3) is 5.00. The van der Waals surface area contributed by atoms with Gasteiger partial charge < -0.3 is 14.6 Å². The van der Waals surface area contributed by atoms with Crippen molar-refractivity contribution in [3.8, 4) is 28.8 Å². The molecule has 0 aliphatic carbocycles. The molecule has 6 aromatic rings. The number of anilines is 2. The summed E-state index contributed by atoms with van der Waals surface area (Å²) >= 11 is 0. The van der Waals surface area contributed by atoms with Crippen molar-refractivity contribution in [3.05, 3.63) is 114 Å². The van der Waals surface area contributed by atoms with E-state index >= 15 is 0 Å². The number of ether oxygens (including phenoxy) is 1. The van der Waals surface area contributed by atoms with Gasteiger partial charge in [-0.3, -0.25) is 4.68 Å². The second kappa shape index (κ2) is 10.4. The number of benzene rings is 3. The zero-order valence-electron chi connectivity index (χ0n) is 22.5. The van der Waals surface area contributed by atoms with E-state index < -0.39 is 0 Å². The van der Waals surface area contributed by atoms with Gasteiger partial charge in [0.2, 0.25) is 11.8 Å². The number of hydrogen-bond acceptors (Lipinski definition) is 6. The van der Waals surface area contributed by atoms with E-state index in [0.29, 0.717) is 17.4 Å². The first kappa shape index (κ1) is 24.9. The molecule has 0 atom stereocenters. The number of aromatic nitrogens is 5. The number of rotatable bonds is 7. The Balaban J connectivity index is 1.29. The molecule has 3 aromatic heterocycles. The fourth-order valence-corrected chi connectivity index (χ4v) is 4.78. The zero-order chi connectivity index (χ0) is 27.6. The number of hydrogen-bond donors (Lipinski definition) is 1. The van der Waals surface area contributed by atoms with Crippen molar-refractivity contribution in [2.45, 2.75) is 20.4 Å². The predicted octanol–water partition coefficient (Wildman–Crippen LogP) is 6.90. The van der Waals surface area contributed by atoms with E-state index in [2.05, 4.69) is 51.9 Å². The predicted molar refractivity (Wildman–Crippen MR) is 156 cm³/mol. The van der Waals surface area contributed by atoms with E-state index in [1.807, 2.05) is 78.9 Å². The minimum Gasteiger partial charge on any atom is -0.436 e. The molecule has 8 heteroatoms. The summed E-state index contributed by atoms with van der Waals surface area (Å²) in [7, 11) is 1.95. The Morgan fingerprint density at radius 3 is 2.40 bits per heavy atom. The summed E-state index contributed by atoms with van der Waals surface area (Å²) in [4.78, 5) is 9.40. The van der Waals surface area contributed by atoms with Gasteiger partial charge in [-0.05, 0) is 78.6 Å². The Morgan fingerprint density at radius 1 is 0.925 bits per heavy atom. The molecule has 3 aromatic carbocycles. The largest absolute Gasteiger partial charge is 0.436 e. The SMILES string of the molecule is Cc1cc(-c2cnn(Cc3ccccc3)c2)cc(C)c1Oc1nc(Nc2ccc(C#N)cc2)nc2ccn(C)c12. The number of nitriles is 1. The van der Waals surface area contributed by atoms with Gasteiger partial charge in [0.05, 0.1) is 29.9 Å². The molecule has 0 fully saturated rings. The summed E-state index contributed by atoms with van der Waals surface area (Å²) in [6.07, 6.45) is 5.91. The molecular weight excluding hydrogens is 498 g/mol. The highest BCUT2D eigenvalue weighted by Crippen LogP contribution is 2.36. The molecule has 0 aliphatic rings. The van der Waals surface area contributed by atoms with Gasteiger partial charge in [0.25, 0.3) is 0 Å². The van der Waals surface area contributed by atoms with Gasteiger partial charge in [-0.1, -0.05) is 30.3 Å². The van der Waals surface area contributed by atoms with E-state index in [4.69, 9.17) is 15.0 Å². The van der Waals surface area contributed by atoms with Crippen molar-refractivity contribution < 1.29 is 4.74 Å². The van der Waals surface area contributed by atoms with Crippen molar-refractivity contribution in [2.75, 3.05) is 5.32 Å². The summed E-state index contributed by atoms with van der Waals surface area (Å²) in [6, 6.07) is 25.8. The molecule has 0 bridgehead atoms. The minimum atomic E-state index is 0.413. The molecule has 6 rings (SSSR count). The van der Waals surface area contributed by atoms with E-state index in [0.717, 1.165) is 51.3 Å². The molecule has 0 saturated heterocycles. The average molecular weight is 526 g/mol. The van der Waals surface area contributed by atoms with Crippen LogP contribution in [0, 0.1) is 25.2 Å². The van der Waals surface area contributed by atoms with Gasteiger partial charge in [-0.15, -0.1) is 0 Å². The number of nitrogens with zero attached hydrogens (tertiary/aromatic N) is 6. The number of nitrogens with one attached hydrogen (secondary N) is 1. The second-order valence-electron chi connectivity index (χ2n) is 9.78. The normalized spacial score (nSPS) is 10.9. The van der Waals surface area contributed by atoms with Crippen molar-refractivity contribution in [3.63, 3.8) is 0 Å². The van der Waals surface area contributed by atoms with Crippen LogP contribution in [0.1, 0.15) is 22.3 Å². The maximum Gasteiger partial charge on any atom is 0.249 e. The van der Waals surface area contributed by atoms with Crippen molar-refractivity contribution in [1.82, 2.24) is 24.3 Å². The molecule has 0 aliphatic heterocycles. The fourth-order valence-electron chi connectivity index (χ4n) is 4.78. The molecule has 3 heterocycles. The van der Waals surface area contributed by atoms with Crippen LogP contribution in [0.5, 0.6) is 11.6 Å². The fraction of sp³-hybridized carbons (Fsp3) is 0.125. The molecule has 196 valence electrons. The number of aryl methyl sites for hydroxylation is 3. The van der Waals surface area contributed by atoms with Gasteiger partial charge in [-0.2, -0.15) is 15.3 Å². The van der Waals surface area contributed by atoms with E-state index in [-0.39, 0.29) is 0 Å². The molecule has 0 saturated carbocycles. The third-order valence-electron chi connectivity index (χ3n) is 6.77. The van der Waals surface area contributed by atoms with E-state index in [1.165, 1.54) is 5.56 Å². The lowest BCUT2D eigenvalue weighted by Gasteiger charge is -2.15. The van der Waals surface area contributed by atoms with Crippen molar-refractivity contribution in [2.24, 2.45) is 7.05 Å². The monoisotopic (exact) mass is 525 g/mol. The standard InChI is InChI=1S/C32H27N7O/c1-21-15-25(26-18-34-39(20-26)19-24-7-5-4-6-8-24)16-22(2)30(21)40-31-29-28(13-14-38(29)3)36-32(37-31)35-27-11-9-23(17-33)10-12-27/h4-16,18,20H,19H2,1-3H3,(H,35,36,37). The Hall–Kier alpha value is -5.42. The molecule has 0 spiro atoms. The van der Waals surface area contributed by atoms with Gasteiger partial charge in [0, 0.05) is 30.7 Å². The van der Waals surface area contributed by atoms with Crippen LogP contribution in [0.25, 0.3) is 22.2 Å². The van der Waals surface area contributed by atoms with E-state index in [1.54, 1.807) is 12.1 Å². The third-order valence-corrected chi connectivity index (χ3v) is 6.77. The Labute approximate surface area is 232 Å². The molecular formula is C32H27N7O. The van der Waals surface area contributed by atoms with Crippen LogP contribution in [-0.2, 0) is 13.6 Å². The highest BCUT2D eigenvalue weighted by molar-refractivity contribution is 5.83. The summed E-state index contributed by atoms with van der Waals surface area (Å²) in [5, 5.41) is 16.9. The smallest absolute Gasteiger partial charge is 0.249 e. The van der Waals surface area contributed by atoms with Gasteiger partial charge in [0.1, 0.15) is 11.3 Å². The Morgan fingerprint density at radius 2 is 1.68 bits per heavy atom. The van der Waals surface area contributed by atoms with Crippen LogP contribution in [0.15, 0.2) is 91.4 Å². The van der Waals surface area contributed by atoms with Crippen molar-refractivity contribution >= 4 is 22.7 Å². The Kier molecular flexibility index (Phi) is 6.46. The lowest BCUT2D eigenvalue weighted by atomic mass is 10.0. The quantitative estimate of drug-likeness (QED) is 0.244. The van der Waals surface area contributed by atoms with Crippen LogP contribution in [0.4, 0.5) is 11.6 Å². The zero-order valence-corrected chi connectivity index (χ0v) is 22.5. The summed E-state index contributed by atoms with van der Waals surface area (Å²) in [5.41, 5.74) is 8.26. The number of fused-ring (bicyclic) bond motifs is 1. The topological polar surface area (TPSA) is 93.6 Å². The average Bonchev–Trinajstić information content (AvgIpc) is 3.58. The van der Waals surface area contributed by atoms with Gasteiger partial charge >= 0.3 is 0 Å². The molecule has 0 radical (unpaired) electrons. The van der Waals surface area contributed by atoms with Gasteiger partial charge in [0.15, 0.2) is 0 Å². The van der Waals surface area contributed by atoms with E-state index in [9.17, 15) is 0 Å². The van der Waals surface area contributed by atoms with Gasteiger partial charge in [-0.25, -0.2) is 4.98 Å². The first-order valence-corrected chi connectivity index (χ1v) is 12.9. The first-order chi connectivity index (χ1) is 19.5. The maximum atomic E-state index is 9.08. The maximum absolute atomic E-state index is 9.08. The summed E-state index contributed by atoms with van der Waals surface area (Å²) in [5.74, 6) is 1.63. The first-order valence-electron chi connectivity index (χ1n) is 12.9. The lowest BCUT2D eigenvalue weighted by molar-refractivity contribution is 0.459. The van der Waals surface area contributed by atoms with Crippen LogP contribution in [0.3, 0.4) is 0 Å². The van der Waals surface area contributed by atoms with Crippen LogP contribution in [-0.4, -0.2) is 24.3 Å². The molecule has 8 nitrogen and oxygen atoms in total. The molecule has 1 N–H and O–H groups in total. The van der Waals surface area contributed by atoms with Crippen LogP contribution >= 0.6 is 0 Å².